The molecule has 1 aromatic heterocycles. The van der Waals surface area contributed by atoms with Gasteiger partial charge in [-0.25, -0.2) is 0 Å². The van der Waals surface area contributed by atoms with Gasteiger partial charge < -0.3 is 5.11 Å². The van der Waals surface area contributed by atoms with Gasteiger partial charge in [-0.3, -0.25) is 9.78 Å². The minimum atomic E-state index is -0.0495. The zero-order valence-electron chi connectivity index (χ0n) is 11.9. The Hall–Kier alpha value is -2.94. The summed E-state index contributed by atoms with van der Waals surface area (Å²) in [6, 6.07) is 19.6. The predicted molar refractivity (Wildman–Crippen MR) is 85.0 cm³/mol. The van der Waals surface area contributed by atoms with Crippen LogP contribution in [0.15, 0.2) is 72.9 Å². The number of carbonyl (C=O) groups is 1. The van der Waals surface area contributed by atoms with E-state index in [-0.39, 0.29) is 11.5 Å². The predicted octanol–water partition coefficient (Wildman–Crippen LogP) is 3.61. The molecule has 108 valence electrons. The van der Waals surface area contributed by atoms with Gasteiger partial charge in [-0.2, -0.15) is 0 Å². The van der Waals surface area contributed by atoms with Crippen LogP contribution in [0.4, 0.5) is 0 Å². The highest BCUT2D eigenvalue weighted by Gasteiger charge is 2.13. The van der Waals surface area contributed by atoms with Crippen molar-refractivity contribution in [1.29, 1.82) is 0 Å². The molecule has 1 heterocycles. The molecule has 3 rings (SSSR count). The molecule has 0 saturated heterocycles. The van der Waals surface area contributed by atoms with Crippen molar-refractivity contribution >= 4 is 5.78 Å². The molecule has 3 heteroatoms. The quantitative estimate of drug-likeness (QED) is 0.746. The highest BCUT2D eigenvalue weighted by atomic mass is 16.3. The van der Waals surface area contributed by atoms with Crippen LogP contribution < -0.4 is 0 Å². The Morgan fingerprint density at radius 1 is 0.909 bits per heavy atom. The van der Waals surface area contributed by atoms with Crippen molar-refractivity contribution in [3.05, 3.63) is 95.3 Å². The van der Waals surface area contributed by atoms with E-state index in [0.29, 0.717) is 17.5 Å². The highest BCUT2D eigenvalue weighted by Crippen LogP contribution is 2.19. The zero-order valence-corrected chi connectivity index (χ0v) is 11.9. The Morgan fingerprint density at radius 2 is 1.64 bits per heavy atom. The molecule has 1 N–H and O–H groups in total. The lowest BCUT2D eigenvalue weighted by atomic mass is 9.95. The van der Waals surface area contributed by atoms with Gasteiger partial charge in [-0.15, -0.1) is 0 Å². The SMILES string of the molecule is O=C(c1ccc(O)cc1)c1ccccc1Cc1ccccn1. The lowest BCUT2D eigenvalue weighted by Crippen LogP contribution is -2.06. The minimum Gasteiger partial charge on any atom is -0.508 e. The normalized spacial score (nSPS) is 10.4. The van der Waals surface area contributed by atoms with E-state index in [1.54, 1.807) is 18.3 Å². The number of carbonyl (C=O) groups excluding carboxylic acids is 1. The standard InChI is InChI=1S/C19H15NO2/c21-17-10-8-14(9-11-17)19(22)18-7-2-1-5-15(18)13-16-6-3-4-12-20-16/h1-12,21H,13H2. The van der Waals surface area contributed by atoms with Crippen molar-refractivity contribution in [3.63, 3.8) is 0 Å². The summed E-state index contributed by atoms with van der Waals surface area (Å²) < 4.78 is 0. The summed E-state index contributed by atoms with van der Waals surface area (Å²) >= 11 is 0. The van der Waals surface area contributed by atoms with Gasteiger partial charge in [0.2, 0.25) is 0 Å². The molecule has 0 unspecified atom stereocenters. The van der Waals surface area contributed by atoms with E-state index in [0.717, 1.165) is 11.3 Å². The maximum atomic E-state index is 12.7. The van der Waals surface area contributed by atoms with E-state index >= 15 is 0 Å². The van der Waals surface area contributed by atoms with Crippen LogP contribution in [-0.4, -0.2) is 15.9 Å². The topological polar surface area (TPSA) is 50.2 Å². The number of benzene rings is 2. The van der Waals surface area contributed by atoms with Crippen LogP contribution in [0, 0.1) is 0 Å². The molecule has 0 radical (unpaired) electrons. The number of pyridine rings is 1. The summed E-state index contributed by atoms with van der Waals surface area (Å²) in [6.07, 6.45) is 2.36. The second kappa shape index (κ2) is 6.22. The van der Waals surface area contributed by atoms with Gasteiger partial charge in [-0.05, 0) is 42.0 Å². The molecular formula is C19H15NO2. The molecule has 0 bridgehead atoms. The van der Waals surface area contributed by atoms with Crippen LogP contribution in [0.3, 0.4) is 0 Å². The number of hydrogen-bond acceptors (Lipinski definition) is 3. The highest BCUT2D eigenvalue weighted by molar-refractivity contribution is 6.10. The summed E-state index contributed by atoms with van der Waals surface area (Å²) in [6.45, 7) is 0. The molecule has 3 aromatic rings. The lowest BCUT2D eigenvalue weighted by molar-refractivity contribution is 0.103. The fourth-order valence-corrected chi connectivity index (χ4v) is 2.36. The van der Waals surface area contributed by atoms with Gasteiger partial charge in [-0.1, -0.05) is 30.3 Å². The maximum absolute atomic E-state index is 12.7. The lowest BCUT2D eigenvalue weighted by Gasteiger charge is -2.08. The molecule has 0 aliphatic heterocycles. The first-order valence-corrected chi connectivity index (χ1v) is 7.05. The molecule has 22 heavy (non-hydrogen) atoms. The smallest absolute Gasteiger partial charge is 0.193 e. The van der Waals surface area contributed by atoms with Crippen molar-refractivity contribution < 1.29 is 9.90 Å². The fourth-order valence-electron chi connectivity index (χ4n) is 2.36. The van der Waals surface area contributed by atoms with Crippen molar-refractivity contribution in [1.82, 2.24) is 4.98 Å². The van der Waals surface area contributed by atoms with Crippen molar-refractivity contribution in [2.45, 2.75) is 6.42 Å². The average molecular weight is 289 g/mol. The van der Waals surface area contributed by atoms with Gasteiger partial charge in [0.1, 0.15) is 5.75 Å². The maximum Gasteiger partial charge on any atom is 0.193 e. The van der Waals surface area contributed by atoms with Gasteiger partial charge in [0.15, 0.2) is 5.78 Å². The first-order chi connectivity index (χ1) is 10.7. The number of aromatic nitrogens is 1. The molecule has 0 atom stereocenters. The first kappa shape index (κ1) is 14.0. The molecule has 0 saturated carbocycles. The van der Waals surface area contributed by atoms with E-state index < -0.39 is 0 Å². The number of ketones is 1. The fraction of sp³-hybridized carbons (Fsp3) is 0.0526. The largest absolute Gasteiger partial charge is 0.508 e. The van der Waals surface area contributed by atoms with E-state index in [9.17, 15) is 9.90 Å². The molecule has 0 amide bonds. The molecule has 3 nitrogen and oxygen atoms in total. The number of phenolic OH excluding ortho intramolecular Hbond substituents is 1. The van der Waals surface area contributed by atoms with Gasteiger partial charge in [0, 0.05) is 29.4 Å². The van der Waals surface area contributed by atoms with Gasteiger partial charge >= 0.3 is 0 Å². The van der Waals surface area contributed by atoms with E-state index in [2.05, 4.69) is 4.98 Å². The Kier molecular flexibility index (Phi) is 3.97. The van der Waals surface area contributed by atoms with Crippen molar-refractivity contribution in [2.75, 3.05) is 0 Å². The number of aromatic hydroxyl groups is 1. The van der Waals surface area contributed by atoms with Crippen LogP contribution in [-0.2, 0) is 6.42 Å². The molecule has 0 aliphatic rings. The third-order valence-corrected chi connectivity index (χ3v) is 3.49. The second-order valence-electron chi connectivity index (χ2n) is 5.03. The van der Waals surface area contributed by atoms with Crippen LogP contribution in [0.1, 0.15) is 27.2 Å². The Balaban J connectivity index is 1.94. The van der Waals surface area contributed by atoms with E-state index in [4.69, 9.17) is 0 Å². The number of rotatable bonds is 4. The van der Waals surface area contributed by atoms with Crippen LogP contribution in [0.5, 0.6) is 5.75 Å². The van der Waals surface area contributed by atoms with Gasteiger partial charge in [0.05, 0.1) is 0 Å². The summed E-state index contributed by atoms with van der Waals surface area (Å²) in [5.74, 6) is 0.102. The van der Waals surface area contributed by atoms with Crippen LogP contribution in [0.25, 0.3) is 0 Å². The van der Waals surface area contributed by atoms with Crippen LogP contribution in [0.2, 0.25) is 0 Å². The molecule has 0 fully saturated rings. The van der Waals surface area contributed by atoms with Crippen molar-refractivity contribution in [2.24, 2.45) is 0 Å². The van der Waals surface area contributed by atoms with E-state index in [1.807, 2.05) is 42.5 Å². The molecular weight excluding hydrogens is 274 g/mol. The summed E-state index contributed by atoms with van der Waals surface area (Å²) in [5, 5.41) is 9.34. The Labute approximate surface area is 128 Å². The number of phenols is 1. The zero-order chi connectivity index (χ0) is 15.4. The number of hydrogen-bond donors (Lipinski definition) is 1. The number of nitrogens with zero attached hydrogens (tertiary/aromatic N) is 1. The molecule has 0 spiro atoms. The summed E-state index contributed by atoms with van der Waals surface area (Å²) in [4.78, 5) is 17.0. The third kappa shape index (κ3) is 3.04. The third-order valence-electron chi connectivity index (χ3n) is 3.49. The van der Waals surface area contributed by atoms with Crippen molar-refractivity contribution in [3.8, 4) is 5.75 Å². The van der Waals surface area contributed by atoms with Gasteiger partial charge in [0.25, 0.3) is 0 Å². The molecule has 0 aliphatic carbocycles. The summed E-state index contributed by atoms with van der Waals surface area (Å²) in [5.41, 5.74) is 3.10. The molecule has 2 aromatic carbocycles. The average Bonchev–Trinajstić information content (AvgIpc) is 2.56. The van der Waals surface area contributed by atoms with Crippen LogP contribution >= 0.6 is 0 Å². The minimum absolute atomic E-state index is 0.0495. The first-order valence-electron chi connectivity index (χ1n) is 7.05. The second-order valence-corrected chi connectivity index (χ2v) is 5.03. The Bertz CT molecular complexity index is 780. The monoisotopic (exact) mass is 289 g/mol. The van der Waals surface area contributed by atoms with E-state index in [1.165, 1.54) is 12.1 Å². The Morgan fingerprint density at radius 3 is 2.36 bits per heavy atom. The summed E-state index contributed by atoms with van der Waals surface area (Å²) in [7, 11) is 0.